The molecule has 4 aromatic carbocycles. The molecule has 0 saturated carbocycles. The van der Waals surface area contributed by atoms with Crippen LogP contribution < -0.4 is 0 Å². The number of aryl methyl sites for hydroxylation is 2. The molecule has 0 spiro atoms. The zero-order chi connectivity index (χ0) is 32.1. The molecule has 234 valence electrons. The molecule has 0 amide bonds. The zero-order valence-corrected chi connectivity index (χ0v) is 27.1. The molecule has 2 saturated heterocycles. The Hall–Kier alpha value is -3.41. The molecule has 2 heterocycles. The number of halogens is 2. The van der Waals surface area contributed by atoms with Gasteiger partial charge in [-0.25, -0.2) is 21.2 Å². The van der Waals surface area contributed by atoms with Gasteiger partial charge < -0.3 is 0 Å². The lowest BCUT2D eigenvalue weighted by atomic mass is 9.77. The molecule has 2 aliphatic heterocycles. The van der Waals surface area contributed by atoms with Gasteiger partial charge in [-0.3, -0.25) is 4.79 Å². The fourth-order valence-corrected chi connectivity index (χ4v) is 10.1. The summed E-state index contributed by atoms with van der Waals surface area (Å²) < 4.78 is 75.3. The number of sulfonamides is 2. The third-order valence-corrected chi connectivity index (χ3v) is 12.9. The van der Waals surface area contributed by atoms with Crippen LogP contribution in [-0.2, 0) is 24.8 Å². The molecule has 6 rings (SSSR count). The Balaban J connectivity index is 1.52. The second kappa shape index (κ2) is 12.1. The lowest BCUT2D eigenvalue weighted by molar-refractivity contribution is -0.132. The lowest BCUT2D eigenvalue weighted by Crippen LogP contribution is -2.61. The van der Waals surface area contributed by atoms with Crippen LogP contribution in [0.15, 0.2) is 107 Å². The van der Waals surface area contributed by atoms with Gasteiger partial charge in [0.15, 0.2) is 0 Å². The van der Waals surface area contributed by atoms with Crippen LogP contribution in [0.25, 0.3) is 0 Å². The summed E-state index contributed by atoms with van der Waals surface area (Å²) in [6, 6.07) is 22.6. The van der Waals surface area contributed by atoms with E-state index in [1.165, 1.54) is 63.2 Å². The molecule has 2 aliphatic rings. The average molecular weight is 667 g/mol. The molecule has 0 aliphatic carbocycles. The van der Waals surface area contributed by atoms with Crippen molar-refractivity contribution in [2.75, 3.05) is 6.54 Å². The molecule has 0 aromatic heterocycles. The molecule has 7 nitrogen and oxygen atoms in total. The monoisotopic (exact) mass is 666 g/mol. The molecule has 0 radical (unpaired) electrons. The van der Waals surface area contributed by atoms with E-state index in [-0.39, 0.29) is 40.5 Å². The quantitative estimate of drug-likeness (QED) is 0.231. The highest BCUT2D eigenvalue weighted by Crippen LogP contribution is 2.48. The summed E-state index contributed by atoms with van der Waals surface area (Å²) in [6.45, 7) is 3.52. The van der Waals surface area contributed by atoms with Gasteiger partial charge in [0.05, 0.1) is 21.9 Å². The fraction of sp³-hybridized carbons (Fsp3) is 0.265. The average Bonchev–Trinajstić information content (AvgIpc) is 3.01. The van der Waals surface area contributed by atoms with Crippen molar-refractivity contribution in [1.29, 1.82) is 0 Å². The second-order valence-corrected chi connectivity index (χ2v) is 15.9. The maximum absolute atomic E-state index is 15.3. The minimum Gasteiger partial charge on any atom is -0.299 e. The topological polar surface area (TPSA) is 91.8 Å². The maximum atomic E-state index is 15.3. The van der Waals surface area contributed by atoms with E-state index in [2.05, 4.69) is 0 Å². The number of fused-ring (bicyclic) bond motifs is 1. The van der Waals surface area contributed by atoms with Crippen molar-refractivity contribution in [2.24, 2.45) is 5.92 Å². The molecule has 4 atom stereocenters. The fourth-order valence-electron chi connectivity index (χ4n) is 6.48. The van der Waals surface area contributed by atoms with Gasteiger partial charge in [-0.05, 0) is 68.3 Å². The summed E-state index contributed by atoms with van der Waals surface area (Å²) in [7, 11) is -8.43. The summed E-state index contributed by atoms with van der Waals surface area (Å²) in [4.78, 5) is 14.0. The van der Waals surface area contributed by atoms with E-state index in [1.54, 1.807) is 18.2 Å². The first-order valence-electron chi connectivity index (χ1n) is 14.6. The first-order chi connectivity index (χ1) is 21.4. The molecule has 45 heavy (non-hydrogen) atoms. The van der Waals surface area contributed by atoms with Gasteiger partial charge in [0.2, 0.25) is 20.0 Å². The van der Waals surface area contributed by atoms with E-state index in [0.717, 1.165) is 11.1 Å². The summed E-state index contributed by atoms with van der Waals surface area (Å²) in [6.07, 6.45) is -0.306. The molecular weight excluding hydrogens is 635 g/mol. The number of ketones is 1. The Morgan fingerprint density at radius 3 is 1.91 bits per heavy atom. The van der Waals surface area contributed by atoms with Gasteiger partial charge in [0.25, 0.3) is 0 Å². The van der Waals surface area contributed by atoms with E-state index in [9.17, 15) is 21.6 Å². The van der Waals surface area contributed by atoms with Gasteiger partial charge in [0.1, 0.15) is 11.6 Å². The van der Waals surface area contributed by atoms with Crippen molar-refractivity contribution in [2.45, 2.75) is 54.6 Å². The zero-order valence-electron chi connectivity index (χ0n) is 24.7. The Labute approximate surface area is 268 Å². The van der Waals surface area contributed by atoms with E-state index < -0.39 is 49.9 Å². The smallest absolute Gasteiger partial charge is 0.243 e. The Morgan fingerprint density at radius 2 is 1.29 bits per heavy atom. The number of rotatable bonds is 6. The van der Waals surface area contributed by atoms with Crippen LogP contribution in [0.1, 0.15) is 47.2 Å². The van der Waals surface area contributed by atoms with Crippen LogP contribution in [0, 0.1) is 25.6 Å². The minimum atomic E-state index is -4.28. The molecular formula is C34H32ClFN2O5S2. The normalized spacial score (nSPS) is 23.1. The van der Waals surface area contributed by atoms with Crippen LogP contribution in [0.4, 0.5) is 4.39 Å². The number of carbonyl (C=O) groups is 1. The van der Waals surface area contributed by atoms with E-state index >= 15 is 4.39 Å². The van der Waals surface area contributed by atoms with Crippen molar-refractivity contribution in [3.05, 3.63) is 130 Å². The predicted molar refractivity (Wildman–Crippen MR) is 170 cm³/mol. The summed E-state index contributed by atoms with van der Waals surface area (Å²) in [5.74, 6) is -1.91. The summed E-state index contributed by atoms with van der Waals surface area (Å²) in [5.41, 5.74) is 2.59. The van der Waals surface area contributed by atoms with Gasteiger partial charge >= 0.3 is 0 Å². The van der Waals surface area contributed by atoms with Crippen molar-refractivity contribution >= 4 is 37.4 Å². The van der Waals surface area contributed by atoms with E-state index in [4.69, 9.17) is 11.6 Å². The number of hydrogen-bond donors (Lipinski definition) is 0. The van der Waals surface area contributed by atoms with Gasteiger partial charge in [-0.1, -0.05) is 77.3 Å². The van der Waals surface area contributed by atoms with E-state index in [1.807, 2.05) is 38.1 Å². The predicted octanol–water partition coefficient (Wildman–Crippen LogP) is 6.62. The second-order valence-electron chi connectivity index (χ2n) is 11.7. The first kappa shape index (κ1) is 31.6. The van der Waals surface area contributed by atoms with Gasteiger partial charge in [0, 0.05) is 35.5 Å². The number of hydrogen-bond acceptors (Lipinski definition) is 5. The molecule has 0 N–H and O–H groups in total. The van der Waals surface area contributed by atoms with Crippen LogP contribution in [0.2, 0.25) is 5.02 Å². The molecule has 11 heteroatoms. The standard InChI is InChI=1S/C34H32ClFN2O5S2/c1-22-7-11-24(12-8-22)31-19-32-29(21-37(31)44(40,41)26-17-13-25(35)14-18-26)34(39)20-33(28-5-3-4-6-30(28)36)38(32)45(42,43)27-15-9-23(2)10-16-27/h3-18,29,31-33H,19-21H2,1-2H3/t29-,31+,32+,33+/m1/s1. The molecule has 0 unspecified atom stereocenters. The Morgan fingerprint density at radius 1 is 0.733 bits per heavy atom. The maximum Gasteiger partial charge on any atom is 0.243 e. The number of piperidine rings is 2. The third-order valence-electron chi connectivity index (χ3n) is 8.84. The van der Waals surface area contributed by atoms with Crippen LogP contribution >= 0.6 is 11.6 Å². The van der Waals surface area contributed by atoms with Gasteiger partial charge in [-0.15, -0.1) is 0 Å². The SMILES string of the molecule is Cc1ccc([C@@H]2C[C@H]3[C@@H](CN2S(=O)(=O)c2ccc(Cl)cc2)C(=O)C[C@@H](c2ccccc2F)N3S(=O)(=O)c2ccc(C)cc2)cc1. The lowest BCUT2D eigenvalue weighted by Gasteiger charge is -2.51. The first-order valence-corrected chi connectivity index (χ1v) is 17.8. The van der Waals surface area contributed by atoms with Crippen molar-refractivity contribution in [3.63, 3.8) is 0 Å². The molecule has 2 fully saturated rings. The summed E-state index contributed by atoms with van der Waals surface area (Å²) in [5, 5.41) is 0.376. The van der Waals surface area contributed by atoms with Gasteiger partial charge in [-0.2, -0.15) is 8.61 Å². The molecule has 4 aromatic rings. The molecule has 0 bridgehead atoms. The number of nitrogens with zero attached hydrogens (tertiary/aromatic N) is 2. The van der Waals surface area contributed by atoms with Crippen LogP contribution in [0.3, 0.4) is 0 Å². The minimum absolute atomic E-state index is 0.0116. The van der Waals surface area contributed by atoms with Crippen molar-refractivity contribution in [1.82, 2.24) is 8.61 Å². The largest absolute Gasteiger partial charge is 0.299 e. The number of Topliss-reactive ketones (excluding diaryl/α,β-unsaturated/α-hetero) is 1. The van der Waals surface area contributed by atoms with E-state index in [0.29, 0.717) is 10.6 Å². The van der Waals surface area contributed by atoms with Crippen molar-refractivity contribution < 1.29 is 26.0 Å². The third kappa shape index (κ3) is 5.86. The number of carbonyl (C=O) groups excluding carboxylic acids is 1. The highest BCUT2D eigenvalue weighted by Gasteiger charge is 2.54. The Kier molecular flexibility index (Phi) is 8.47. The highest BCUT2D eigenvalue weighted by molar-refractivity contribution is 7.89. The van der Waals surface area contributed by atoms with Crippen LogP contribution in [-0.4, -0.2) is 43.8 Å². The van der Waals surface area contributed by atoms with Crippen molar-refractivity contribution in [3.8, 4) is 0 Å². The summed E-state index contributed by atoms with van der Waals surface area (Å²) >= 11 is 6.05. The van der Waals surface area contributed by atoms with Crippen LogP contribution in [0.5, 0.6) is 0 Å². The number of benzene rings is 4. The Bertz CT molecular complexity index is 1950. The highest BCUT2D eigenvalue weighted by atomic mass is 35.5.